The van der Waals surface area contributed by atoms with Gasteiger partial charge in [-0.3, -0.25) is 0 Å². The molecular formula is C19H21N5. The van der Waals surface area contributed by atoms with E-state index < -0.39 is 0 Å². The molecular weight excluding hydrogens is 298 g/mol. The molecule has 1 saturated heterocycles. The zero-order valence-electron chi connectivity index (χ0n) is 13.9. The van der Waals surface area contributed by atoms with Crippen molar-refractivity contribution < 1.29 is 0 Å². The largest absolute Gasteiger partial charge is 0.338 e. The minimum atomic E-state index is 0.560. The Hall–Kier alpha value is -2.45. The number of hydrogen-bond acceptors (Lipinski definition) is 4. The summed E-state index contributed by atoms with van der Waals surface area (Å²) in [5.74, 6) is 0.619. The average Bonchev–Trinajstić information content (AvgIpc) is 3.01. The SMILES string of the molecule is CCN1CCC(Cc2c(C#N)ncc3[nH]c4ncccc4c23)CC1. The molecule has 1 N–H and O–H groups in total. The number of aromatic amines is 1. The molecule has 122 valence electrons. The first-order chi connectivity index (χ1) is 11.8. The van der Waals surface area contributed by atoms with Crippen molar-refractivity contribution in [2.45, 2.75) is 26.2 Å². The topological polar surface area (TPSA) is 68.6 Å². The highest BCUT2D eigenvalue weighted by Gasteiger charge is 2.22. The molecule has 4 rings (SSSR count). The van der Waals surface area contributed by atoms with Gasteiger partial charge in [0.15, 0.2) is 0 Å². The van der Waals surface area contributed by atoms with Crippen molar-refractivity contribution in [3.8, 4) is 6.07 Å². The van der Waals surface area contributed by atoms with Crippen LogP contribution in [0.5, 0.6) is 0 Å². The molecule has 24 heavy (non-hydrogen) atoms. The summed E-state index contributed by atoms with van der Waals surface area (Å²) >= 11 is 0. The second kappa shape index (κ2) is 6.21. The molecule has 5 nitrogen and oxygen atoms in total. The van der Waals surface area contributed by atoms with E-state index in [0.29, 0.717) is 11.6 Å². The summed E-state index contributed by atoms with van der Waals surface area (Å²) in [5.41, 5.74) is 3.49. The first-order valence-electron chi connectivity index (χ1n) is 8.67. The minimum absolute atomic E-state index is 0.560. The van der Waals surface area contributed by atoms with Gasteiger partial charge in [-0.2, -0.15) is 5.26 Å². The van der Waals surface area contributed by atoms with E-state index >= 15 is 0 Å². The van der Waals surface area contributed by atoms with Gasteiger partial charge in [0.25, 0.3) is 0 Å². The lowest BCUT2D eigenvalue weighted by molar-refractivity contribution is 0.192. The molecule has 3 aromatic rings. The number of pyridine rings is 2. The van der Waals surface area contributed by atoms with Crippen molar-refractivity contribution in [1.82, 2.24) is 19.9 Å². The van der Waals surface area contributed by atoms with Gasteiger partial charge >= 0.3 is 0 Å². The number of rotatable bonds is 3. The lowest BCUT2D eigenvalue weighted by atomic mass is 9.88. The van der Waals surface area contributed by atoms with E-state index in [1.807, 2.05) is 6.07 Å². The van der Waals surface area contributed by atoms with Crippen LogP contribution >= 0.6 is 0 Å². The van der Waals surface area contributed by atoms with Crippen molar-refractivity contribution in [2.24, 2.45) is 5.92 Å². The average molecular weight is 319 g/mol. The quantitative estimate of drug-likeness (QED) is 0.804. The van der Waals surface area contributed by atoms with Gasteiger partial charge in [0, 0.05) is 17.0 Å². The highest BCUT2D eigenvalue weighted by molar-refractivity contribution is 6.07. The van der Waals surface area contributed by atoms with Crippen LogP contribution in [0.25, 0.3) is 21.9 Å². The van der Waals surface area contributed by atoms with E-state index in [0.717, 1.165) is 53.6 Å². The van der Waals surface area contributed by atoms with Gasteiger partial charge in [-0.05, 0) is 62.5 Å². The van der Waals surface area contributed by atoms with Gasteiger partial charge in [0.2, 0.25) is 0 Å². The van der Waals surface area contributed by atoms with Crippen LogP contribution in [0.2, 0.25) is 0 Å². The van der Waals surface area contributed by atoms with Crippen LogP contribution in [0.15, 0.2) is 24.5 Å². The fourth-order valence-corrected chi connectivity index (χ4v) is 3.88. The van der Waals surface area contributed by atoms with Crippen LogP contribution < -0.4 is 0 Å². The Morgan fingerprint density at radius 3 is 2.92 bits per heavy atom. The standard InChI is InChI=1S/C19H21N5/c1-2-24-8-5-13(6-9-24)10-15-16(11-20)22-12-17-18(15)14-4-3-7-21-19(14)23-17/h3-4,7,12-13H,2,5-6,8-10H2,1H3,(H,21,23). The van der Waals surface area contributed by atoms with Crippen molar-refractivity contribution in [3.05, 3.63) is 35.8 Å². The second-order valence-electron chi connectivity index (χ2n) is 6.59. The second-order valence-corrected chi connectivity index (χ2v) is 6.59. The first-order valence-corrected chi connectivity index (χ1v) is 8.67. The fraction of sp³-hybridized carbons (Fsp3) is 0.421. The summed E-state index contributed by atoms with van der Waals surface area (Å²) in [6, 6.07) is 6.32. The smallest absolute Gasteiger partial charge is 0.144 e. The lowest BCUT2D eigenvalue weighted by Gasteiger charge is -2.31. The summed E-state index contributed by atoms with van der Waals surface area (Å²) in [6.07, 6.45) is 6.85. The molecule has 5 heteroatoms. The van der Waals surface area contributed by atoms with E-state index in [2.05, 4.69) is 38.9 Å². The van der Waals surface area contributed by atoms with Crippen molar-refractivity contribution >= 4 is 21.9 Å². The van der Waals surface area contributed by atoms with Gasteiger partial charge in [-0.1, -0.05) is 6.92 Å². The maximum Gasteiger partial charge on any atom is 0.144 e. The number of nitrogens with zero attached hydrogens (tertiary/aromatic N) is 4. The molecule has 0 atom stereocenters. The van der Waals surface area contributed by atoms with Crippen LogP contribution in [0, 0.1) is 17.2 Å². The normalized spacial score (nSPS) is 16.7. The third-order valence-corrected chi connectivity index (χ3v) is 5.26. The fourth-order valence-electron chi connectivity index (χ4n) is 3.88. The van der Waals surface area contributed by atoms with Crippen molar-refractivity contribution in [1.29, 1.82) is 5.26 Å². The number of nitrogens with one attached hydrogen (secondary N) is 1. The van der Waals surface area contributed by atoms with Gasteiger partial charge in [0.1, 0.15) is 17.4 Å². The van der Waals surface area contributed by atoms with Crippen LogP contribution in [0.4, 0.5) is 0 Å². The Morgan fingerprint density at radius 1 is 1.33 bits per heavy atom. The van der Waals surface area contributed by atoms with Crippen LogP contribution in [0.1, 0.15) is 31.0 Å². The minimum Gasteiger partial charge on any atom is -0.338 e. The number of piperidine rings is 1. The predicted molar refractivity (Wildman–Crippen MR) is 94.7 cm³/mol. The summed E-state index contributed by atoms with van der Waals surface area (Å²) in [6.45, 7) is 5.66. The molecule has 1 aliphatic heterocycles. The summed E-state index contributed by atoms with van der Waals surface area (Å²) in [7, 11) is 0. The molecule has 1 fully saturated rings. The van der Waals surface area contributed by atoms with Crippen molar-refractivity contribution in [3.63, 3.8) is 0 Å². The van der Waals surface area contributed by atoms with E-state index in [-0.39, 0.29) is 0 Å². The number of aromatic nitrogens is 3. The van der Waals surface area contributed by atoms with E-state index in [1.54, 1.807) is 12.4 Å². The number of H-pyrrole nitrogens is 1. The molecule has 0 bridgehead atoms. The highest BCUT2D eigenvalue weighted by Crippen LogP contribution is 2.32. The molecule has 0 amide bonds. The Morgan fingerprint density at radius 2 is 2.17 bits per heavy atom. The number of hydrogen-bond donors (Lipinski definition) is 1. The Bertz CT molecular complexity index is 913. The third-order valence-electron chi connectivity index (χ3n) is 5.26. The zero-order chi connectivity index (χ0) is 16.5. The van der Waals surface area contributed by atoms with Crippen LogP contribution in [-0.2, 0) is 6.42 Å². The molecule has 0 radical (unpaired) electrons. The molecule has 0 aliphatic carbocycles. The molecule has 0 spiro atoms. The summed E-state index contributed by atoms with van der Waals surface area (Å²) in [5, 5.41) is 11.8. The molecule has 3 aromatic heterocycles. The monoisotopic (exact) mass is 319 g/mol. The molecule has 0 aromatic carbocycles. The molecule has 4 heterocycles. The van der Waals surface area contributed by atoms with E-state index in [1.165, 1.54) is 12.8 Å². The first kappa shape index (κ1) is 15.1. The lowest BCUT2D eigenvalue weighted by Crippen LogP contribution is -2.34. The van der Waals surface area contributed by atoms with Gasteiger partial charge in [-0.15, -0.1) is 0 Å². The number of nitriles is 1. The van der Waals surface area contributed by atoms with Crippen LogP contribution in [0.3, 0.4) is 0 Å². The Balaban J connectivity index is 1.77. The Labute approximate surface area is 141 Å². The third kappa shape index (κ3) is 2.53. The zero-order valence-corrected chi connectivity index (χ0v) is 13.9. The number of likely N-dealkylation sites (tertiary alicyclic amines) is 1. The maximum atomic E-state index is 9.55. The van der Waals surface area contributed by atoms with Gasteiger partial charge < -0.3 is 9.88 Å². The summed E-state index contributed by atoms with van der Waals surface area (Å²) in [4.78, 5) is 14.6. The number of fused-ring (bicyclic) bond motifs is 3. The van der Waals surface area contributed by atoms with Gasteiger partial charge in [0.05, 0.1) is 11.7 Å². The van der Waals surface area contributed by atoms with Gasteiger partial charge in [-0.25, -0.2) is 9.97 Å². The molecule has 0 saturated carbocycles. The van der Waals surface area contributed by atoms with E-state index in [4.69, 9.17) is 0 Å². The predicted octanol–water partition coefficient (Wildman–Crippen LogP) is 3.26. The summed E-state index contributed by atoms with van der Waals surface area (Å²) < 4.78 is 0. The Kier molecular flexibility index (Phi) is 3.91. The maximum absolute atomic E-state index is 9.55. The molecule has 1 aliphatic rings. The van der Waals surface area contributed by atoms with Crippen LogP contribution in [-0.4, -0.2) is 39.5 Å². The highest BCUT2D eigenvalue weighted by atomic mass is 15.1. The molecule has 0 unspecified atom stereocenters. The van der Waals surface area contributed by atoms with E-state index in [9.17, 15) is 5.26 Å². The van der Waals surface area contributed by atoms with Crippen molar-refractivity contribution in [2.75, 3.05) is 19.6 Å².